The fourth-order valence-corrected chi connectivity index (χ4v) is 3.96. The van der Waals surface area contributed by atoms with Crippen molar-refractivity contribution in [3.8, 4) is 0 Å². The smallest absolute Gasteiger partial charge is 0.325 e. The Balaban J connectivity index is 1.68. The summed E-state index contributed by atoms with van der Waals surface area (Å²) in [7, 11) is 0. The van der Waals surface area contributed by atoms with Gasteiger partial charge in [0.2, 0.25) is 11.1 Å². The largest absolute Gasteiger partial charge is 0.418 e. The lowest BCUT2D eigenvalue weighted by atomic mass is 9.96. The Labute approximate surface area is 158 Å². The Morgan fingerprint density at radius 3 is 2.67 bits per heavy atom. The lowest BCUT2D eigenvalue weighted by Crippen LogP contribution is -2.25. The van der Waals surface area contributed by atoms with Crippen molar-refractivity contribution in [3.63, 3.8) is 0 Å². The minimum absolute atomic E-state index is 0.206. The molecule has 1 heterocycles. The fourth-order valence-electron chi connectivity index (χ4n) is 3.10. The summed E-state index contributed by atoms with van der Waals surface area (Å²) >= 11 is 1.14. The number of halogens is 3. The van der Waals surface area contributed by atoms with E-state index < -0.39 is 22.9 Å². The summed E-state index contributed by atoms with van der Waals surface area (Å²) in [5.41, 5.74) is -1.13. The number of tetrazole rings is 1. The van der Waals surface area contributed by atoms with E-state index in [1.807, 2.05) is 0 Å². The molecule has 146 valence electrons. The highest BCUT2D eigenvalue weighted by Gasteiger charge is 2.34. The third-order valence-electron chi connectivity index (χ3n) is 4.52. The Bertz CT molecular complexity index is 789. The number of alkyl halides is 3. The predicted octanol–water partition coefficient (Wildman–Crippen LogP) is 4.32. The molecule has 0 spiro atoms. The molecule has 2 aromatic rings. The number of aromatic nitrogens is 4. The van der Waals surface area contributed by atoms with Crippen molar-refractivity contribution in [2.24, 2.45) is 0 Å². The van der Waals surface area contributed by atoms with Crippen molar-refractivity contribution in [3.05, 3.63) is 29.8 Å². The average Bonchev–Trinajstić information content (AvgIpc) is 3.10. The highest BCUT2D eigenvalue weighted by atomic mass is 32.2. The Morgan fingerprint density at radius 1 is 1.26 bits per heavy atom. The maximum Gasteiger partial charge on any atom is 0.418 e. The molecule has 1 aliphatic carbocycles. The van der Waals surface area contributed by atoms with Crippen LogP contribution >= 0.6 is 11.8 Å². The van der Waals surface area contributed by atoms with Crippen LogP contribution in [-0.2, 0) is 11.0 Å². The number of anilines is 1. The number of para-hydroxylation sites is 1. The molecule has 0 radical (unpaired) electrons. The lowest BCUT2D eigenvalue weighted by Gasteiger charge is -2.22. The summed E-state index contributed by atoms with van der Waals surface area (Å²) in [4.78, 5) is 12.4. The van der Waals surface area contributed by atoms with E-state index in [-0.39, 0.29) is 11.7 Å². The monoisotopic (exact) mass is 399 g/mol. The van der Waals surface area contributed by atoms with Gasteiger partial charge in [0.1, 0.15) is 0 Å². The van der Waals surface area contributed by atoms with E-state index in [9.17, 15) is 18.0 Å². The number of thioether (sulfide) groups is 1. The number of nitrogens with zero attached hydrogens (tertiary/aromatic N) is 4. The summed E-state index contributed by atoms with van der Waals surface area (Å²) in [6.07, 6.45) is 0.845. The minimum Gasteiger partial charge on any atom is -0.325 e. The molecule has 1 unspecified atom stereocenters. The zero-order chi connectivity index (χ0) is 19.4. The van der Waals surface area contributed by atoms with E-state index in [4.69, 9.17) is 0 Å². The van der Waals surface area contributed by atoms with Crippen molar-refractivity contribution in [1.29, 1.82) is 0 Å². The second-order valence-electron chi connectivity index (χ2n) is 6.49. The van der Waals surface area contributed by atoms with Crippen LogP contribution < -0.4 is 5.32 Å². The van der Waals surface area contributed by atoms with E-state index in [0.717, 1.165) is 43.5 Å². The van der Waals surface area contributed by atoms with Crippen LogP contribution in [0.1, 0.15) is 50.6 Å². The molecule has 1 aromatic heterocycles. The third kappa shape index (κ3) is 4.79. The number of benzene rings is 1. The molecule has 27 heavy (non-hydrogen) atoms. The van der Waals surface area contributed by atoms with Gasteiger partial charge in [0.05, 0.1) is 22.5 Å². The first-order valence-electron chi connectivity index (χ1n) is 8.78. The molecule has 10 heteroatoms. The summed E-state index contributed by atoms with van der Waals surface area (Å²) in [5, 5.41) is 13.9. The van der Waals surface area contributed by atoms with Gasteiger partial charge in [0.15, 0.2) is 0 Å². The van der Waals surface area contributed by atoms with E-state index in [2.05, 4.69) is 20.8 Å². The van der Waals surface area contributed by atoms with E-state index in [1.54, 1.807) is 11.6 Å². The second kappa shape index (κ2) is 8.28. The topological polar surface area (TPSA) is 72.7 Å². The normalized spacial score (nSPS) is 16.9. The van der Waals surface area contributed by atoms with Crippen LogP contribution in [0.2, 0.25) is 0 Å². The molecule has 1 aromatic carbocycles. The molecular formula is C17H20F3N5OS. The Kier molecular flexibility index (Phi) is 6.03. The van der Waals surface area contributed by atoms with Crippen molar-refractivity contribution in [2.45, 2.75) is 61.7 Å². The van der Waals surface area contributed by atoms with Gasteiger partial charge in [-0.15, -0.1) is 5.10 Å². The molecule has 1 fully saturated rings. The molecular weight excluding hydrogens is 379 g/mol. The molecule has 1 aliphatic rings. The lowest BCUT2D eigenvalue weighted by molar-refractivity contribution is -0.137. The van der Waals surface area contributed by atoms with Gasteiger partial charge in [-0.2, -0.15) is 13.2 Å². The molecule has 0 aliphatic heterocycles. The maximum atomic E-state index is 13.1. The first kappa shape index (κ1) is 19.7. The van der Waals surface area contributed by atoms with E-state index in [0.29, 0.717) is 5.16 Å². The highest BCUT2D eigenvalue weighted by molar-refractivity contribution is 8.00. The van der Waals surface area contributed by atoms with Crippen LogP contribution in [0.15, 0.2) is 29.4 Å². The maximum absolute atomic E-state index is 13.1. The van der Waals surface area contributed by atoms with Crippen LogP contribution in [-0.4, -0.2) is 31.4 Å². The predicted molar refractivity (Wildman–Crippen MR) is 95.3 cm³/mol. The SMILES string of the molecule is CC(Sc1nnnn1C1CCCCC1)C(=O)Nc1ccccc1C(F)(F)F. The summed E-state index contributed by atoms with van der Waals surface area (Å²) in [5.74, 6) is -0.533. The van der Waals surface area contributed by atoms with Gasteiger partial charge in [0.25, 0.3) is 0 Å². The first-order valence-corrected chi connectivity index (χ1v) is 9.66. The fraction of sp³-hybridized carbons (Fsp3) is 0.529. The van der Waals surface area contributed by atoms with Gasteiger partial charge in [0, 0.05) is 0 Å². The zero-order valence-electron chi connectivity index (χ0n) is 14.7. The number of rotatable bonds is 5. The zero-order valence-corrected chi connectivity index (χ0v) is 15.6. The number of carbonyl (C=O) groups excluding carboxylic acids is 1. The minimum atomic E-state index is -4.54. The van der Waals surface area contributed by atoms with Crippen LogP contribution in [0.5, 0.6) is 0 Å². The van der Waals surface area contributed by atoms with Crippen molar-refractivity contribution >= 4 is 23.4 Å². The molecule has 1 N–H and O–H groups in total. The van der Waals surface area contributed by atoms with Gasteiger partial charge in [-0.05, 0) is 42.3 Å². The standard InChI is InChI=1S/C17H20F3N5OS/c1-11(15(26)21-14-10-6-5-9-13(14)17(18,19)20)27-16-22-23-24-25(16)12-7-3-2-4-8-12/h5-6,9-12H,2-4,7-8H2,1H3,(H,21,26). The van der Waals surface area contributed by atoms with E-state index >= 15 is 0 Å². The molecule has 0 saturated heterocycles. The van der Waals surface area contributed by atoms with E-state index in [1.165, 1.54) is 24.6 Å². The second-order valence-corrected chi connectivity index (χ2v) is 7.80. The van der Waals surface area contributed by atoms with Crippen LogP contribution in [0.25, 0.3) is 0 Å². The summed E-state index contributed by atoms with van der Waals surface area (Å²) in [6, 6.07) is 5.13. The third-order valence-corrected chi connectivity index (χ3v) is 5.57. The van der Waals surface area contributed by atoms with Crippen LogP contribution in [0, 0.1) is 0 Å². The number of amides is 1. The quantitative estimate of drug-likeness (QED) is 0.759. The molecule has 1 atom stereocenters. The Morgan fingerprint density at radius 2 is 1.96 bits per heavy atom. The number of hydrogen-bond acceptors (Lipinski definition) is 5. The van der Waals surface area contributed by atoms with Gasteiger partial charge in [-0.3, -0.25) is 4.79 Å². The summed E-state index contributed by atoms with van der Waals surface area (Å²) in [6.45, 7) is 1.62. The van der Waals surface area contributed by atoms with Gasteiger partial charge in [-0.25, -0.2) is 4.68 Å². The molecule has 0 bridgehead atoms. The number of hydrogen-bond donors (Lipinski definition) is 1. The molecule has 6 nitrogen and oxygen atoms in total. The Hall–Kier alpha value is -2.10. The number of carbonyl (C=O) groups is 1. The molecule has 3 rings (SSSR count). The van der Waals surface area contributed by atoms with Gasteiger partial charge in [-0.1, -0.05) is 43.2 Å². The van der Waals surface area contributed by atoms with Crippen molar-refractivity contribution < 1.29 is 18.0 Å². The van der Waals surface area contributed by atoms with Crippen LogP contribution in [0.3, 0.4) is 0 Å². The van der Waals surface area contributed by atoms with Crippen molar-refractivity contribution in [2.75, 3.05) is 5.32 Å². The van der Waals surface area contributed by atoms with Crippen LogP contribution in [0.4, 0.5) is 18.9 Å². The van der Waals surface area contributed by atoms with Gasteiger partial charge < -0.3 is 5.32 Å². The highest BCUT2D eigenvalue weighted by Crippen LogP contribution is 2.35. The summed E-state index contributed by atoms with van der Waals surface area (Å²) < 4.78 is 41.0. The first-order chi connectivity index (χ1) is 12.9. The van der Waals surface area contributed by atoms with Gasteiger partial charge >= 0.3 is 6.18 Å². The average molecular weight is 399 g/mol. The molecule has 1 saturated carbocycles. The number of nitrogens with one attached hydrogen (secondary N) is 1. The van der Waals surface area contributed by atoms with Crippen molar-refractivity contribution in [1.82, 2.24) is 20.2 Å². The molecule has 1 amide bonds.